The number of amides is 1. The number of rotatable bonds is 4. The summed E-state index contributed by atoms with van der Waals surface area (Å²) in [5.74, 6) is -1.35. The minimum absolute atomic E-state index is 0.134. The number of anilines is 1. The second-order valence-electron chi connectivity index (χ2n) is 5.29. The number of aliphatic hydroxyl groups excluding tert-OH is 1. The van der Waals surface area contributed by atoms with Gasteiger partial charge in [0, 0.05) is 17.0 Å². The van der Waals surface area contributed by atoms with Crippen molar-refractivity contribution in [2.24, 2.45) is 0 Å². The lowest BCUT2D eigenvalue weighted by atomic mass is 10.00. The van der Waals surface area contributed by atoms with Gasteiger partial charge in [-0.15, -0.1) is 11.3 Å². The molecule has 1 aromatic carbocycles. The molecule has 0 aliphatic carbocycles. The average Bonchev–Trinajstić information content (AvgIpc) is 3.22. The van der Waals surface area contributed by atoms with Crippen molar-refractivity contribution < 1.29 is 14.7 Å². The lowest BCUT2D eigenvalue weighted by Crippen LogP contribution is -2.30. The van der Waals surface area contributed by atoms with Gasteiger partial charge in [0.25, 0.3) is 5.91 Å². The van der Waals surface area contributed by atoms with Gasteiger partial charge in [0.15, 0.2) is 11.5 Å². The second-order valence-corrected chi connectivity index (χ2v) is 6.27. The van der Waals surface area contributed by atoms with Crippen molar-refractivity contribution >= 4 is 28.7 Å². The van der Waals surface area contributed by atoms with Crippen LogP contribution >= 0.6 is 11.3 Å². The van der Waals surface area contributed by atoms with Crippen LogP contribution in [-0.4, -0.2) is 16.8 Å². The molecule has 0 radical (unpaired) electrons. The standard InChI is InChI=1S/C18H14N2O3S/c1-2-13(21)15-16(14-4-3-9-24-14)20(18(23)17(15)22)12-7-5-11(10-19)6-8-12/h3-9,16,22H,2H2,1H3. The molecule has 0 saturated carbocycles. The van der Waals surface area contributed by atoms with Gasteiger partial charge in [0.2, 0.25) is 0 Å². The highest BCUT2D eigenvalue weighted by molar-refractivity contribution is 7.10. The molecule has 1 unspecified atom stereocenters. The first kappa shape index (κ1) is 16.0. The summed E-state index contributed by atoms with van der Waals surface area (Å²) in [4.78, 5) is 27.1. The number of carbonyl (C=O) groups is 2. The molecule has 24 heavy (non-hydrogen) atoms. The molecule has 1 amide bonds. The number of ketones is 1. The fraction of sp³-hybridized carbons (Fsp3) is 0.167. The van der Waals surface area contributed by atoms with Gasteiger partial charge in [-0.3, -0.25) is 14.5 Å². The molecule has 1 aliphatic rings. The van der Waals surface area contributed by atoms with E-state index in [9.17, 15) is 14.7 Å². The van der Waals surface area contributed by atoms with Crippen LogP contribution in [0.5, 0.6) is 0 Å². The molecule has 1 atom stereocenters. The van der Waals surface area contributed by atoms with Gasteiger partial charge in [-0.25, -0.2) is 0 Å². The van der Waals surface area contributed by atoms with Crippen LogP contribution in [0.4, 0.5) is 5.69 Å². The van der Waals surface area contributed by atoms with Gasteiger partial charge < -0.3 is 5.11 Å². The SMILES string of the molecule is CCC(=O)C1=C(O)C(=O)N(c2ccc(C#N)cc2)C1c1cccs1. The Morgan fingerprint density at radius 1 is 1.33 bits per heavy atom. The van der Waals surface area contributed by atoms with Gasteiger partial charge in [-0.05, 0) is 35.7 Å². The maximum atomic E-state index is 12.6. The smallest absolute Gasteiger partial charge is 0.294 e. The van der Waals surface area contributed by atoms with Crippen LogP contribution in [0, 0.1) is 11.3 Å². The highest BCUT2D eigenvalue weighted by Crippen LogP contribution is 2.42. The van der Waals surface area contributed by atoms with Gasteiger partial charge in [0.05, 0.1) is 17.2 Å². The Morgan fingerprint density at radius 3 is 2.58 bits per heavy atom. The molecule has 2 aromatic rings. The molecule has 5 nitrogen and oxygen atoms in total. The number of Topliss-reactive ketones (excluding diaryl/α,β-unsaturated/α-hetero) is 1. The Kier molecular flexibility index (Phi) is 4.19. The summed E-state index contributed by atoms with van der Waals surface area (Å²) in [6.45, 7) is 1.70. The van der Waals surface area contributed by atoms with Crippen molar-refractivity contribution in [2.45, 2.75) is 19.4 Å². The van der Waals surface area contributed by atoms with E-state index in [-0.39, 0.29) is 17.8 Å². The molecule has 0 spiro atoms. The maximum absolute atomic E-state index is 12.6. The topological polar surface area (TPSA) is 81.4 Å². The summed E-state index contributed by atoms with van der Waals surface area (Å²) >= 11 is 1.42. The van der Waals surface area contributed by atoms with Crippen molar-refractivity contribution in [1.82, 2.24) is 0 Å². The molecular weight excluding hydrogens is 324 g/mol. The van der Waals surface area contributed by atoms with E-state index in [0.29, 0.717) is 11.3 Å². The minimum atomic E-state index is -0.641. The van der Waals surface area contributed by atoms with Crippen molar-refractivity contribution in [3.8, 4) is 6.07 Å². The predicted octanol–water partition coefficient (Wildman–Crippen LogP) is 3.50. The van der Waals surface area contributed by atoms with Crippen LogP contribution < -0.4 is 4.90 Å². The first-order valence-corrected chi connectivity index (χ1v) is 8.30. The number of hydrogen-bond acceptors (Lipinski definition) is 5. The summed E-state index contributed by atoms with van der Waals surface area (Å²) in [5.41, 5.74) is 1.14. The summed E-state index contributed by atoms with van der Waals surface area (Å²) in [5, 5.41) is 21.1. The van der Waals surface area contributed by atoms with Gasteiger partial charge >= 0.3 is 0 Å². The number of carbonyl (C=O) groups excluding carboxylic acids is 2. The molecule has 3 rings (SSSR count). The van der Waals surface area contributed by atoms with Crippen LogP contribution in [0.25, 0.3) is 0 Å². The first-order valence-electron chi connectivity index (χ1n) is 7.42. The largest absolute Gasteiger partial charge is 0.503 e. The predicted molar refractivity (Wildman–Crippen MR) is 90.7 cm³/mol. The molecule has 0 saturated heterocycles. The van der Waals surface area contributed by atoms with Crippen molar-refractivity contribution in [3.63, 3.8) is 0 Å². The Hall–Kier alpha value is -2.91. The lowest BCUT2D eigenvalue weighted by molar-refractivity contribution is -0.118. The number of thiophene rings is 1. The number of nitriles is 1. The van der Waals surface area contributed by atoms with Crippen LogP contribution in [0.1, 0.15) is 29.8 Å². The Morgan fingerprint density at radius 2 is 2.04 bits per heavy atom. The number of aliphatic hydroxyl groups is 1. The van der Waals surface area contributed by atoms with Gasteiger partial charge in [0.1, 0.15) is 6.04 Å². The third-order valence-electron chi connectivity index (χ3n) is 3.92. The summed E-state index contributed by atoms with van der Waals surface area (Å²) in [7, 11) is 0. The molecule has 6 heteroatoms. The number of nitrogens with zero attached hydrogens (tertiary/aromatic N) is 2. The van der Waals surface area contributed by atoms with E-state index in [1.165, 1.54) is 16.2 Å². The Labute approximate surface area is 143 Å². The third-order valence-corrected chi connectivity index (χ3v) is 4.84. The average molecular weight is 338 g/mol. The molecule has 1 aromatic heterocycles. The summed E-state index contributed by atoms with van der Waals surface area (Å²) in [6, 6.07) is 11.5. The minimum Gasteiger partial charge on any atom is -0.503 e. The highest BCUT2D eigenvalue weighted by Gasteiger charge is 2.44. The molecular formula is C18H14N2O3S. The van der Waals surface area contributed by atoms with Crippen LogP contribution in [0.3, 0.4) is 0 Å². The maximum Gasteiger partial charge on any atom is 0.294 e. The molecule has 1 N–H and O–H groups in total. The zero-order valence-electron chi connectivity index (χ0n) is 12.9. The quantitative estimate of drug-likeness (QED) is 0.925. The fourth-order valence-electron chi connectivity index (χ4n) is 2.76. The summed E-state index contributed by atoms with van der Waals surface area (Å²) < 4.78 is 0. The van der Waals surface area contributed by atoms with Crippen molar-refractivity contribution in [3.05, 3.63) is 63.6 Å². The fourth-order valence-corrected chi connectivity index (χ4v) is 3.58. The van der Waals surface area contributed by atoms with Crippen molar-refractivity contribution in [1.29, 1.82) is 5.26 Å². The lowest BCUT2D eigenvalue weighted by Gasteiger charge is -2.25. The molecule has 2 heterocycles. The van der Waals surface area contributed by atoms with E-state index in [1.807, 2.05) is 23.6 Å². The molecule has 0 fully saturated rings. The molecule has 120 valence electrons. The Bertz CT molecular complexity index is 861. The normalized spacial score (nSPS) is 17.2. The highest BCUT2D eigenvalue weighted by atomic mass is 32.1. The van der Waals surface area contributed by atoms with E-state index in [4.69, 9.17) is 5.26 Å². The van der Waals surface area contributed by atoms with Crippen LogP contribution in [0.15, 0.2) is 53.1 Å². The Balaban J connectivity index is 2.13. The van der Waals surface area contributed by atoms with E-state index < -0.39 is 17.7 Å². The zero-order chi connectivity index (χ0) is 17.3. The monoisotopic (exact) mass is 338 g/mol. The van der Waals surface area contributed by atoms with Crippen LogP contribution in [0.2, 0.25) is 0 Å². The van der Waals surface area contributed by atoms with E-state index >= 15 is 0 Å². The first-order chi connectivity index (χ1) is 11.6. The number of hydrogen-bond donors (Lipinski definition) is 1. The second kappa shape index (κ2) is 6.30. The third kappa shape index (κ3) is 2.49. The van der Waals surface area contributed by atoms with E-state index in [2.05, 4.69) is 0 Å². The van der Waals surface area contributed by atoms with Crippen molar-refractivity contribution in [2.75, 3.05) is 4.90 Å². The molecule has 1 aliphatic heterocycles. The molecule has 0 bridgehead atoms. The number of benzene rings is 1. The zero-order valence-corrected chi connectivity index (χ0v) is 13.7. The van der Waals surface area contributed by atoms with Gasteiger partial charge in [-0.1, -0.05) is 13.0 Å². The van der Waals surface area contributed by atoms with Crippen LogP contribution in [-0.2, 0) is 9.59 Å². The van der Waals surface area contributed by atoms with Gasteiger partial charge in [-0.2, -0.15) is 5.26 Å². The van der Waals surface area contributed by atoms with E-state index in [1.54, 1.807) is 31.2 Å². The summed E-state index contributed by atoms with van der Waals surface area (Å²) in [6.07, 6.45) is 0.204. The van der Waals surface area contributed by atoms with E-state index in [0.717, 1.165) is 4.88 Å².